The lowest BCUT2D eigenvalue weighted by atomic mass is 9.85. The molecule has 6 nitrogen and oxygen atoms in total. The number of aromatic nitrogens is 2. The van der Waals surface area contributed by atoms with Crippen molar-refractivity contribution in [3.63, 3.8) is 0 Å². The van der Waals surface area contributed by atoms with Gasteiger partial charge in [-0.1, -0.05) is 50.1 Å². The molecule has 0 amide bonds. The molecule has 29 heavy (non-hydrogen) atoms. The Balaban J connectivity index is 2.06. The first-order valence-corrected chi connectivity index (χ1v) is 9.68. The largest absolute Gasteiger partial charge is 0.380 e. The number of nitrogens with one attached hydrogen (secondary N) is 1. The maximum absolute atomic E-state index is 11.4. The van der Waals surface area contributed by atoms with Gasteiger partial charge in [0.1, 0.15) is 0 Å². The number of non-ortho nitro benzene ring substituents is 1. The molecule has 0 aliphatic carbocycles. The Morgan fingerprint density at radius 1 is 1.10 bits per heavy atom. The fraction of sp³-hybridized carbons (Fsp3) is 0.348. The number of aryl methyl sites for hydroxylation is 3. The second kappa shape index (κ2) is 7.70. The zero-order valence-electron chi connectivity index (χ0n) is 17.9. The number of anilines is 1. The number of hydrogen-bond donors (Lipinski definition) is 1. The summed E-state index contributed by atoms with van der Waals surface area (Å²) in [6.45, 7) is 11.1. The van der Waals surface area contributed by atoms with Crippen molar-refractivity contribution < 1.29 is 4.92 Å². The van der Waals surface area contributed by atoms with Crippen LogP contribution in [-0.4, -0.2) is 14.7 Å². The number of nitro groups is 1. The highest BCUT2D eigenvalue weighted by atomic mass is 16.6. The highest BCUT2D eigenvalue weighted by Crippen LogP contribution is 2.37. The van der Waals surface area contributed by atoms with Crippen LogP contribution in [0.15, 0.2) is 42.6 Å². The normalized spacial score (nSPS) is 11.5. The topological polar surface area (TPSA) is 73.0 Å². The first-order valence-electron chi connectivity index (χ1n) is 9.68. The monoisotopic (exact) mass is 392 g/mol. The van der Waals surface area contributed by atoms with Crippen molar-refractivity contribution in [1.82, 2.24) is 9.78 Å². The van der Waals surface area contributed by atoms with Crippen LogP contribution < -0.4 is 5.32 Å². The predicted octanol–water partition coefficient (Wildman–Crippen LogP) is 5.52. The molecule has 3 aromatic rings. The number of benzene rings is 2. The minimum atomic E-state index is -0.364. The smallest absolute Gasteiger partial charge is 0.270 e. The summed E-state index contributed by atoms with van der Waals surface area (Å²) in [6, 6.07) is 11.4. The standard InChI is InChI=1S/C23H28N4O2/c1-15-9-16(2)11-17(10-15)13-24-21-8-7-18(27(28)29)12-19(21)22-20(23(3,4)5)14-26(6)25-22/h7-12,14,24H,13H2,1-6H3. The Morgan fingerprint density at radius 3 is 2.34 bits per heavy atom. The van der Waals surface area contributed by atoms with Crippen LogP contribution in [0.4, 0.5) is 11.4 Å². The third-order valence-electron chi connectivity index (χ3n) is 4.87. The molecular weight excluding hydrogens is 364 g/mol. The fourth-order valence-corrected chi connectivity index (χ4v) is 3.60. The Morgan fingerprint density at radius 2 is 1.76 bits per heavy atom. The lowest BCUT2D eigenvalue weighted by Crippen LogP contribution is -2.12. The van der Waals surface area contributed by atoms with Gasteiger partial charge in [-0.25, -0.2) is 0 Å². The van der Waals surface area contributed by atoms with Crippen LogP contribution in [0.3, 0.4) is 0 Å². The fourth-order valence-electron chi connectivity index (χ4n) is 3.60. The average molecular weight is 393 g/mol. The molecule has 3 rings (SSSR count). The molecule has 0 unspecified atom stereocenters. The summed E-state index contributed by atoms with van der Waals surface area (Å²) in [5.41, 5.74) is 6.91. The van der Waals surface area contributed by atoms with Crippen LogP contribution in [0.25, 0.3) is 11.3 Å². The second-order valence-corrected chi connectivity index (χ2v) is 8.65. The summed E-state index contributed by atoms with van der Waals surface area (Å²) in [4.78, 5) is 11.0. The summed E-state index contributed by atoms with van der Waals surface area (Å²) < 4.78 is 1.77. The zero-order valence-corrected chi connectivity index (χ0v) is 17.9. The minimum absolute atomic E-state index is 0.0578. The molecule has 0 saturated heterocycles. The van der Waals surface area contributed by atoms with Crippen LogP contribution >= 0.6 is 0 Å². The van der Waals surface area contributed by atoms with E-state index in [9.17, 15) is 10.1 Å². The molecule has 0 saturated carbocycles. The van der Waals surface area contributed by atoms with Gasteiger partial charge < -0.3 is 5.32 Å². The number of nitrogens with zero attached hydrogens (tertiary/aromatic N) is 3. The maximum Gasteiger partial charge on any atom is 0.270 e. The van der Waals surface area contributed by atoms with Crippen molar-refractivity contribution in [1.29, 1.82) is 0 Å². The molecule has 0 fully saturated rings. The van der Waals surface area contributed by atoms with Gasteiger partial charge in [0.2, 0.25) is 0 Å². The lowest BCUT2D eigenvalue weighted by molar-refractivity contribution is -0.384. The molecule has 0 spiro atoms. The summed E-state index contributed by atoms with van der Waals surface area (Å²) in [6.07, 6.45) is 1.99. The van der Waals surface area contributed by atoms with Gasteiger partial charge in [-0.3, -0.25) is 14.8 Å². The van der Waals surface area contributed by atoms with Gasteiger partial charge in [0.15, 0.2) is 0 Å². The SMILES string of the molecule is Cc1cc(C)cc(CNc2ccc([N+](=O)[O-])cc2-c2nn(C)cc2C(C)(C)C)c1. The van der Waals surface area contributed by atoms with Crippen LogP contribution in [0, 0.1) is 24.0 Å². The summed E-state index contributed by atoms with van der Waals surface area (Å²) in [7, 11) is 1.87. The molecule has 152 valence electrons. The van der Waals surface area contributed by atoms with E-state index in [0.29, 0.717) is 6.54 Å². The van der Waals surface area contributed by atoms with E-state index < -0.39 is 0 Å². The highest BCUT2D eigenvalue weighted by Gasteiger charge is 2.25. The quantitative estimate of drug-likeness (QED) is 0.458. The van der Waals surface area contributed by atoms with E-state index >= 15 is 0 Å². The molecule has 1 N–H and O–H groups in total. The van der Waals surface area contributed by atoms with Crippen LogP contribution in [0.2, 0.25) is 0 Å². The highest BCUT2D eigenvalue weighted by molar-refractivity contribution is 5.80. The van der Waals surface area contributed by atoms with E-state index in [0.717, 1.165) is 22.5 Å². The van der Waals surface area contributed by atoms with Crippen LogP contribution in [0.5, 0.6) is 0 Å². The van der Waals surface area contributed by atoms with E-state index in [4.69, 9.17) is 0 Å². The molecule has 1 heterocycles. The first kappa shape index (κ1) is 20.6. The van der Waals surface area contributed by atoms with Crippen molar-refractivity contribution in [2.75, 3.05) is 5.32 Å². The third kappa shape index (κ3) is 4.65. The van der Waals surface area contributed by atoms with Gasteiger partial charge in [-0.05, 0) is 30.9 Å². The van der Waals surface area contributed by atoms with Crippen molar-refractivity contribution in [2.24, 2.45) is 7.05 Å². The lowest BCUT2D eigenvalue weighted by Gasteiger charge is -2.20. The molecule has 6 heteroatoms. The Labute approximate surface area is 171 Å². The maximum atomic E-state index is 11.4. The van der Waals surface area contributed by atoms with Gasteiger partial charge in [0, 0.05) is 48.7 Å². The van der Waals surface area contributed by atoms with E-state index in [1.165, 1.54) is 22.8 Å². The van der Waals surface area contributed by atoms with Crippen molar-refractivity contribution in [3.05, 3.63) is 75.0 Å². The van der Waals surface area contributed by atoms with Crippen molar-refractivity contribution in [2.45, 2.75) is 46.6 Å². The Bertz CT molecular complexity index is 1040. The van der Waals surface area contributed by atoms with E-state index in [-0.39, 0.29) is 16.0 Å². The summed E-state index contributed by atoms with van der Waals surface area (Å²) in [5.74, 6) is 0. The Kier molecular flexibility index (Phi) is 5.46. The molecular formula is C23H28N4O2. The van der Waals surface area contributed by atoms with E-state index in [1.807, 2.05) is 13.2 Å². The summed E-state index contributed by atoms with van der Waals surface area (Å²) >= 11 is 0. The number of hydrogen-bond acceptors (Lipinski definition) is 4. The van der Waals surface area contributed by atoms with Gasteiger partial charge >= 0.3 is 0 Å². The third-order valence-corrected chi connectivity index (χ3v) is 4.87. The Hall–Kier alpha value is -3.15. The first-order chi connectivity index (χ1) is 13.5. The molecule has 0 aliphatic rings. The predicted molar refractivity (Wildman–Crippen MR) is 117 cm³/mol. The van der Waals surface area contributed by atoms with E-state index in [2.05, 4.69) is 63.2 Å². The molecule has 0 bridgehead atoms. The van der Waals surface area contributed by atoms with E-state index in [1.54, 1.807) is 16.8 Å². The van der Waals surface area contributed by atoms with Crippen LogP contribution in [-0.2, 0) is 19.0 Å². The van der Waals surface area contributed by atoms with Crippen molar-refractivity contribution >= 4 is 11.4 Å². The van der Waals surface area contributed by atoms with Gasteiger partial charge in [-0.15, -0.1) is 0 Å². The van der Waals surface area contributed by atoms with Crippen molar-refractivity contribution in [3.8, 4) is 11.3 Å². The van der Waals surface area contributed by atoms with Crippen LogP contribution in [0.1, 0.15) is 43.0 Å². The summed E-state index contributed by atoms with van der Waals surface area (Å²) in [5, 5.41) is 19.5. The molecule has 0 radical (unpaired) electrons. The minimum Gasteiger partial charge on any atom is -0.380 e. The van der Waals surface area contributed by atoms with Gasteiger partial charge in [-0.2, -0.15) is 5.10 Å². The molecule has 2 aromatic carbocycles. The van der Waals surface area contributed by atoms with Gasteiger partial charge in [0.05, 0.1) is 10.6 Å². The molecule has 1 aromatic heterocycles. The second-order valence-electron chi connectivity index (χ2n) is 8.65. The number of rotatable bonds is 5. The zero-order chi connectivity index (χ0) is 21.3. The number of nitro benzene ring substituents is 1. The molecule has 0 aliphatic heterocycles. The molecule has 0 atom stereocenters. The average Bonchev–Trinajstić information content (AvgIpc) is 3.01. The van der Waals surface area contributed by atoms with Gasteiger partial charge in [0.25, 0.3) is 5.69 Å².